The molecule has 0 fully saturated rings. The normalized spacial score (nSPS) is 12.2. The van der Waals surface area contributed by atoms with Crippen LogP contribution in [0.4, 0.5) is 0 Å². The lowest BCUT2D eigenvalue weighted by Gasteiger charge is -2.13. The number of hydrogen-bond acceptors (Lipinski definition) is 2. The van der Waals surface area contributed by atoms with Crippen LogP contribution in [0.5, 0.6) is 5.75 Å². The van der Waals surface area contributed by atoms with E-state index in [1.54, 1.807) is 13.2 Å². The van der Waals surface area contributed by atoms with Crippen LogP contribution in [-0.2, 0) is 0 Å². The van der Waals surface area contributed by atoms with E-state index in [-0.39, 0.29) is 6.04 Å². The van der Waals surface area contributed by atoms with Gasteiger partial charge in [0.1, 0.15) is 5.75 Å². The van der Waals surface area contributed by atoms with Crippen molar-refractivity contribution < 1.29 is 4.74 Å². The number of halogens is 1. The smallest absolute Gasteiger partial charge is 0.125 e. The Balaban J connectivity index is 3.22. The second-order valence-electron chi connectivity index (χ2n) is 2.62. The molecule has 0 heterocycles. The Labute approximate surface area is 86.5 Å². The maximum atomic E-state index is 5.84. The summed E-state index contributed by atoms with van der Waals surface area (Å²) in [6.07, 6.45) is 1.68. The summed E-state index contributed by atoms with van der Waals surface area (Å²) in [5.74, 6) is 0.779. The lowest BCUT2D eigenvalue weighted by atomic mass is 10.1. The third kappa shape index (κ3) is 2.11. The van der Waals surface area contributed by atoms with Crippen molar-refractivity contribution in [2.24, 2.45) is 5.73 Å². The van der Waals surface area contributed by atoms with Gasteiger partial charge < -0.3 is 10.5 Å². The van der Waals surface area contributed by atoms with Gasteiger partial charge >= 0.3 is 0 Å². The molecular formula is C10H12BrNO. The van der Waals surface area contributed by atoms with Crippen LogP contribution in [-0.4, -0.2) is 7.11 Å². The molecule has 0 saturated carbocycles. The molecule has 13 heavy (non-hydrogen) atoms. The summed E-state index contributed by atoms with van der Waals surface area (Å²) >= 11 is 3.42. The summed E-state index contributed by atoms with van der Waals surface area (Å²) in [6, 6.07) is 5.51. The van der Waals surface area contributed by atoms with Crippen molar-refractivity contribution in [1.82, 2.24) is 0 Å². The first kappa shape index (κ1) is 10.3. The van der Waals surface area contributed by atoms with Gasteiger partial charge in [-0.3, -0.25) is 0 Å². The number of rotatable bonds is 3. The first-order valence-electron chi connectivity index (χ1n) is 3.91. The van der Waals surface area contributed by atoms with Gasteiger partial charge in [0, 0.05) is 10.0 Å². The number of methoxy groups -OCH3 is 1. The molecule has 70 valence electrons. The van der Waals surface area contributed by atoms with Crippen LogP contribution in [0.1, 0.15) is 11.6 Å². The van der Waals surface area contributed by atoms with Gasteiger partial charge in [0.25, 0.3) is 0 Å². The molecule has 0 aliphatic rings. The summed E-state index contributed by atoms with van der Waals surface area (Å²) in [7, 11) is 1.63. The predicted molar refractivity (Wildman–Crippen MR) is 57.8 cm³/mol. The van der Waals surface area contributed by atoms with E-state index >= 15 is 0 Å². The van der Waals surface area contributed by atoms with Crippen LogP contribution < -0.4 is 10.5 Å². The molecular weight excluding hydrogens is 230 g/mol. The summed E-state index contributed by atoms with van der Waals surface area (Å²) in [5, 5.41) is 0. The lowest BCUT2D eigenvalue weighted by molar-refractivity contribution is 0.408. The van der Waals surface area contributed by atoms with Crippen molar-refractivity contribution in [3.8, 4) is 5.75 Å². The van der Waals surface area contributed by atoms with Gasteiger partial charge in [-0.05, 0) is 12.1 Å². The molecule has 1 atom stereocenters. The molecule has 0 amide bonds. The average Bonchev–Trinajstić information content (AvgIpc) is 2.16. The van der Waals surface area contributed by atoms with Gasteiger partial charge in [0.2, 0.25) is 0 Å². The molecule has 2 N–H and O–H groups in total. The Bertz CT molecular complexity index is 312. The molecule has 1 unspecified atom stereocenters. The highest BCUT2D eigenvalue weighted by molar-refractivity contribution is 9.10. The minimum Gasteiger partial charge on any atom is -0.496 e. The van der Waals surface area contributed by atoms with E-state index < -0.39 is 0 Å². The van der Waals surface area contributed by atoms with Crippen LogP contribution in [0.25, 0.3) is 0 Å². The maximum Gasteiger partial charge on any atom is 0.125 e. The molecule has 0 saturated heterocycles. The Hall–Kier alpha value is -0.800. The van der Waals surface area contributed by atoms with Crippen LogP contribution >= 0.6 is 15.9 Å². The maximum absolute atomic E-state index is 5.84. The molecule has 0 bridgehead atoms. The van der Waals surface area contributed by atoms with E-state index in [1.165, 1.54) is 0 Å². The monoisotopic (exact) mass is 241 g/mol. The zero-order valence-corrected chi connectivity index (χ0v) is 9.04. The third-order valence-corrected chi connectivity index (χ3v) is 2.51. The molecule has 0 radical (unpaired) electrons. The molecule has 0 aliphatic carbocycles. The SMILES string of the molecule is C=CC(N)c1c(Br)cccc1OC. The summed E-state index contributed by atoms with van der Waals surface area (Å²) < 4.78 is 6.14. The van der Waals surface area contributed by atoms with Crippen molar-refractivity contribution in [2.45, 2.75) is 6.04 Å². The largest absolute Gasteiger partial charge is 0.496 e. The van der Waals surface area contributed by atoms with Gasteiger partial charge in [0.15, 0.2) is 0 Å². The van der Waals surface area contributed by atoms with Gasteiger partial charge in [-0.25, -0.2) is 0 Å². The number of benzene rings is 1. The molecule has 1 aromatic rings. The Morgan fingerprint density at radius 1 is 1.62 bits per heavy atom. The van der Waals surface area contributed by atoms with Gasteiger partial charge in [0.05, 0.1) is 13.2 Å². The summed E-state index contributed by atoms with van der Waals surface area (Å²) in [4.78, 5) is 0. The van der Waals surface area contributed by atoms with E-state index in [0.717, 1.165) is 15.8 Å². The van der Waals surface area contributed by atoms with Crippen LogP contribution in [0, 0.1) is 0 Å². The topological polar surface area (TPSA) is 35.2 Å². The average molecular weight is 242 g/mol. The minimum atomic E-state index is -0.203. The van der Waals surface area contributed by atoms with Crippen molar-refractivity contribution in [2.75, 3.05) is 7.11 Å². The van der Waals surface area contributed by atoms with Crippen molar-refractivity contribution in [3.05, 3.63) is 40.9 Å². The molecule has 1 rings (SSSR count). The standard InChI is InChI=1S/C10H12BrNO/c1-3-8(12)10-7(11)5-4-6-9(10)13-2/h3-6,8H,1,12H2,2H3. The molecule has 1 aromatic carbocycles. The van der Waals surface area contributed by atoms with E-state index in [4.69, 9.17) is 10.5 Å². The molecule has 0 aliphatic heterocycles. The number of nitrogens with two attached hydrogens (primary N) is 1. The Morgan fingerprint density at radius 3 is 2.85 bits per heavy atom. The Kier molecular flexibility index (Phi) is 3.51. The highest BCUT2D eigenvalue weighted by atomic mass is 79.9. The molecule has 3 heteroatoms. The van der Waals surface area contributed by atoms with Crippen LogP contribution in [0.3, 0.4) is 0 Å². The van der Waals surface area contributed by atoms with Crippen LogP contribution in [0.2, 0.25) is 0 Å². The molecule has 0 spiro atoms. The van der Waals surface area contributed by atoms with Crippen LogP contribution in [0.15, 0.2) is 35.3 Å². The predicted octanol–water partition coefficient (Wildman–Crippen LogP) is 2.64. The van der Waals surface area contributed by atoms with E-state index in [0.29, 0.717) is 0 Å². The summed E-state index contributed by atoms with van der Waals surface area (Å²) in [5.41, 5.74) is 6.77. The van der Waals surface area contributed by atoms with Crippen molar-refractivity contribution in [3.63, 3.8) is 0 Å². The quantitative estimate of drug-likeness (QED) is 0.827. The van der Waals surface area contributed by atoms with Gasteiger partial charge in [-0.1, -0.05) is 28.1 Å². The highest BCUT2D eigenvalue weighted by Crippen LogP contribution is 2.31. The fourth-order valence-electron chi connectivity index (χ4n) is 1.14. The fraction of sp³-hybridized carbons (Fsp3) is 0.200. The zero-order valence-electron chi connectivity index (χ0n) is 7.46. The number of hydrogen-bond donors (Lipinski definition) is 1. The van der Waals surface area contributed by atoms with E-state index in [9.17, 15) is 0 Å². The van der Waals surface area contributed by atoms with E-state index in [2.05, 4.69) is 22.5 Å². The Morgan fingerprint density at radius 2 is 2.31 bits per heavy atom. The number of ether oxygens (including phenoxy) is 1. The van der Waals surface area contributed by atoms with E-state index in [1.807, 2.05) is 18.2 Å². The zero-order chi connectivity index (χ0) is 9.84. The summed E-state index contributed by atoms with van der Waals surface area (Å²) in [6.45, 7) is 3.65. The third-order valence-electron chi connectivity index (χ3n) is 1.82. The lowest BCUT2D eigenvalue weighted by Crippen LogP contribution is -2.08. The van der Waals surface area contributed by atoms with Crippen molar-refractivity contribution in [1.29, 1.82) is 0 Å². The van der Waals surface area contributed by atoms with Crippen molar-refractivity contribution >= 4 is 15.9 Å². The van der Waals surface area contributed by atoms with Gasteiger partial charge in [-0.15, -0.1) is 6.58 Å². The fourth-order valence-corrected chi connectivity index (χ4v) is 1.75. The second kappa shape index (κ2) is 4.44. The second-order valence-corrected chi connectivity index (χ2v) is 3.47. The minimum absolute atomic E-state index is 0.203. The molecule has 0 aromatic heterocycles. The molecule has 2 nitrogen and oxygen atoms in total. The van der Waals surface area contributed by atoms with Gasteiger partial charge in [-0.2, -0.15) is 0 Å². The first-order chi connectivity index (χ1) is 6.20. The highest BCUT2D eigenvalue weighted by Gasteiger charge is 2.11. The first-order valence-corrected chi connectivity index (χ1v) is 4.70.